The van der Waals surface area contributed by atoms with E-state index in [1.54, 1.807) is 0 Å². The zero-order valence-corrected chi connectivity index (χ0v) is 10.7. The number of carboxylic acids is 1. The van der Waals surface area contributed by atoms with Gasteiger partial charge in [0.1, 0.15) is 17.6 Å². The first-order valence-corrected chi connectivity index (χ1v) is 6.26. The van der Waals surface area contributed by atoms with Crippen molar-refractivity contribution in [1.82, 2.24) is 4.98 Å². The number of carbonyl (C=O) groups is 1. The van der Waals surface area contributed by atoms with E-state index in [1.165, 1.54) is 6.07 Å². The maximum Gasteiger partial charge on any atom is 0.342 e. The number of rotatable bonds is 4. The summed E-state index contributed by atoms with van der Waals surface area (Å²) in [7, 11) is 0. The van der Waals surface area contributed by atoms with Gasteiger partial charge in [0.2, 0.25) is 0 Å². The minimum atomic E-state index is -1.34. The summed E-state index contributed by atoms with van der Waals surface area (Å²) in [4.78, 5) is 26.9. The molecule has 0 atom stereocenters. The molecule has 0 radical (unpaired) electrons. The Morgan fingerprint density at radius 1 is 1.50 bits per heavy atom. The van der Waals surface area contributed by atoms with Gasteiger partial charge < -0.3 is 15.1 Å². The lowest BCUT2D eigenvalue weighted by Crippen LogP contribution is -2.35. The summed E-state index contributed by atoms with van der Waals surface area (Å²) in [5.41, 5.74) is -0.865. The van der Waals surface area contributed by atoms with Gasteiger partial charge in [0.15, 0.2) is 0 Å². The highest BCUT2D eigenvalue weighted by molar-refractivity contribution is 5.93. The Hall–Kier alpha value is -2.22. The average Bonchev–Trinajstić information content (AvgIpc) is 2.46. The van der Waals surface area contributed by atoms with Crippen LogP contribution >= 0.6 is 0 Å². The van der Waals surface area contributed by atoms with Crippen LogP contribution in [-0.2, 0) is 0 Å². The molecule has 1 saturated heterocycles. The molecule has 1 fully saturated rings. The zero-order valence-electron chi connectivity index (χ0n) is 10.7. The van der Waals surface area contributed by atoms with Crippen molar-refractivity contribution < 1.29 is 19.9 Å². The normalized spacial score (nSPS) is 16.1. The molecular weight excluding hydrogens is 266 g/mol. The standard InChI is InChI=1S/C12H15N3O5/c16-7-8-1-3-14(4-2-8)11-5-9(12(17)18)10(6-13-11)15(19)20/h5-6,8,16H,1-4,7H2,(H,17,18). The molecule has 0 spiro atoms. The van der Waals surface area contributed by atoms with Gasteiger partial charge in [-0.2, -0.15) is 0 Å². The molecule has 0 aliphatic carbocycles. The smallest absolute Gasteiger partial charge is 0.342 e. The largest absolute Gasteiger partial charge is 0.477 e. The fraction of sp³-hybridized carbons (Fsp3) is 0.500. The van der Waals surface area contributed by atoms with E-state index in [2.05, 4.69) is 4.98 Å². The zero-order chi connectivity index (χ0) is 14.7. The van der Waals surface area contributed by atoms with E-state index in [0.717, 1.165) is 19.0 Å². The first kappa shape index (κ1) is 14.2. The first-order chi connectivity index (χ1) is 9.52. The van der Waals surface area contributed by atoms with Gasteiger partial charge in [-0.05, 0) is 18.8 Å². The van der Waals surface area contributed by atoms with Crippen molar-refractivity contribution >= 4 is 17.5 Å². The van der Waals surface area contributed by atoms with E-state index in [-0.39, 0.29) is 18.1 Å². The van der Waals surface area contributed by atoms with Gasteiger partial charge in [0.05, 0.1) is 4.92 Å². The molecule has 1 aromatic heterocycles. The highest BCUT2D eigenvalue weighted by Crippen LogP contribution is 2.26. The van der Waals surface area contributed by atoms with Gasteiger partial charge in [-0.3, -0.25) is 10.1 Å². The molecule has 8 heteroatoms. The molecular formula is C12H15N3O5. The molecule has 2 heterocycles. The van der Waals surface area contributed by atoms with Gasteiger partial charge in [0, 0.05) is 25.8 Å². The number of aromatic nitrogens is 1. The fourth-order valence-corrected chi connectivity index (χ4v) is 2.27. The van der Waals surface area contributed by atoms with E-state index < -0.39 is 16.6 Å². The molecule has 1 aromatic rings. The van der Waals surface area contributed by atoms with Gasteiger partial charge in [-0.1, -0.05) is 0 Å². The van der Waals surface area contributed by atoms with Crippen molar-refractivity contribution in [3.8, 4) is 0 Å². The molecule has 20 heavy (non-hydrogen) atoms. The summed E-state index contributed by atoms with van der Waals surface area (Å²) in [6, 6.07) is 1.24. The highest BCUT2D eigenvalue weighted by atomic mass is 16.6. The Morgan fingerprint density at radius 3 is 2.65 bits per heavy atom. The Bertz CT molecular complexity index is 526. The summed E-state index contributed by atoms with van der Waals surface area (Å²) < 4.78 is 0. The van der Waals surface area contributed by atoms with Crippen molar-refractivity contribution in [3.05, 3.63) is 27.9 Å². The number of anilines is 1. The number of hydrogen-bond acceptors (Lipinski definition) is 6. The third-order valence-electron chi connectivity index (χ3n) is 3.49. The molecule has 2 rings (SSSR count). The topological polar surface area (TPSA) is 117 Å². The Morgan fingerprint density at radius 2 is 2.15 bits per heavy atom. The average molecular weight is 281 g/mol. The van der Waals surface area contributed by atoms with Crippen molar-refractivity contribution in [2.24, 2.45) is 5.92 Å². The van der Waals surface area contributed by atoms with Crippen LogP contribution in [0.5, 0.6) is 0 Å². The lowest BCUT2D eigenvalue weighted by atomic mass is 9.98. The lowest BCUT2D eigenvalue weighted by molar-refractivity contribution is -0.385. The Kier molecular flexibility index (Phi) is 4.14. The second kappa shape index (κ2) is 5.83. The van der Waals surface area contributed by atoms with E-state index in [9.17, 15) is 14.9 Å². The Balaban J connectivity index is 2.24. The number of hydrogen-bond donors (Lipinski definition) is 2. The second-order valence-electron chi connectivity index (χ2n) is 4.73. The highest BCUT2D eigenvalue weighted by Gasteiger charge is 2.25. The monoisotopic (exact) mass is 281 g/mol. The van der Waals surface area contributed by atoms with Crippen molar-refractivity contribution in [1.29, 1.82) is 0 Å². The number of nitro groups is 1. The van der Waals surface area contributed by atoms with Crippen LogP contribution in [-0.4, -0.2) is 45.8 Å². The summed E-state index contributed by atoms with van der Waals surface area (Å²) in [5, 5.41) is 28.9. The summed E-state index contributed by atoms with van der Waals surface area (Å²) >= 11 is 0. The van der Waals surface area contributed by atoms with Crippen molar-refractivity contribution in [2.75, 3.05) is 24.6 Å². The summed E-state index contributed by atoms with van der Waals surface area (Å²) in [6.45, 7) is 1.44. The van der Waals surface area contributed by atoms with Gasteiger partial charge in [-0.15, -0.1) is 0 Å². The number of pyridine rings is 1. The first-order valence-electron chi connectivity index (χ1n) is 6.26. The minimum absolute atomic E-state index is 0.141. The van der Waals surface area contributed by atoms with Crippen LogP contribution in [0.15, 0.2) is 12.3 Å². The number of piperidine rings is 1. The third-order valence-corrected chi connectivity index (χ3v) is 3.49. The van der Waals surface area contributed by atoms with Crippen LogP contribution in [0.4, 0.5) is 11.5 Å². The lowest BCUT2D eigenvalue weighted by Gasteiger charge is -2.31. The predicted molar refractivity (Wildman–Crippen MR) is 69.9 cm³/mol. The van der Waals surface area contributed by atoms with Crippen LogP contribution in [0.3, 0.4) is 0 Å². The molecule has 8 nitrogen and oxygen atoms in total. The van der Waals surface area contributed by atoms with E-state index in [0.29, 0.717) is 18.9 Å². The fourth-order valence-electron chi connectivity index (χ4n) is 2.27. The van der Waals surface area contributed by atoms with Gasteiger partial charge in [-0.25, -0.2) is 9.78 Å². The van der Waals surface area contributed by atoms with Gasteiger partial charge >= 0.3 is 11.7 Å². The van der Waals surface area contributed by atoms with Crippen LogP contribution in [0.25, 0.3) is 0 Å². The van der Waals surface area contributed by atoms with E-state index >= 15 is 0 Å². The number of aromatic carboxylic acids is 1. The number of aliphatic hydroxyl groups excluding tert-OH is 1. The minimum Gasteiger partial charge on any atom is -0.477 e. The molecule has 0 saturated carbocycles. The van der Waals surface area contributed by atoms with Crippen LogP contribution in [0, 0.1) is 16.0 Å². The molecule has 1 aliphatic heterocycles. The quantitative estimate of drug-likeness (QED) is 0.621. The summed E-state index contributed by atoms with van der Waals surface area (Å²) in [5.74, 6) is -0.668. The summed E-state index contributed by atoms with van der Waals surface area (Å²) in [6.07, 6.45) is 2.56. The number of carboxylic acid groups (broad SMARTS) is 1. The number of nitrogens with zero attached hydrogens (tertiary/aromatic N) is 3. The van der Waals surface area contributed by atoms with E-state index in [1.807, 2.05) is 4.90 Å². The maximum absolute atomic E-state index is 11.1. The molecule has 1 aliphatic rings. The molecule has 0 amide bonds. The Labute approximate surface area is 114 Å². The molecule has 108 valence electrons. The van der Waals surface area contributed by atoms with Crippen LogP contribution in [0.1, 0.15) is 23.2 Å². The van der Waals surface area contributed by atoms with Crippen LogP contribution in [0.2, 0.25) is 0 Å². The van der Waals surface area contributed by atoms with Crippen LogP contribution < -0.4 is 4.90 Å². The second-order valence-corrected chi connectivity index (χ2v) is 4.73. The predicted octanol–water partition coefficient (Wildman–Crippen LogP) is 0.897. The molecule has 0 bridgehead atoms. The SMILES string of the molecule is O=C(O)c1cc(N2CCC(CO)CC2)ncc1[N+](=O)[O-]. The molecule has 0 unspecified atom stereocenters. The van der Waals surface area contributed by atoms with Crippen molar-refractivity contribution in [3.63, 3.8) is 0 Å². The molecule has 2 N–H and O–H groups in total. The number of aliphatic hydroxyl groups is 1. The van der Waals surface area contributed by atoms with Crippen molar-refractivity contribution in [2.45, 2.75) is 12.8 Å². The third kappa shape index (κ3) is 2.85. The molecule has 0 aromatic carbocycles. The van der Waals surface area contributed by atoms with E-state index in [4.69, 9.17) is 10.2 Å². The van der Waals surface area contributed by atoms with Gasteiger partial charge in [0.25, 0.3) is 0 Å². The maximum atomic E-state index is 11.1.